The molecule has 0 unspecified atom stereocenters. The van der Waals surface area contributed by atoms with Crippen LogP contribution in [0.3, 0.4) is 0 Å². The van der Waals surface area contributed by atoms with Crippen molar-refractivity contribution in [1.82, 2.24) is 20.1 Å². The molecule has 11 heteroatoms. The van der Waals surface area contributed by atoms with Crippen LogP contribution in [-0.2, 0) is 12.6 Å². The van der Waals surface area contributed by atoms with E-state index in [9.17, 15) is 22.8 Å². The molecule has 0 fully saturated rings. The van der Waals surface area contributed by atoms with E-state index in [1.807, 2.05) is 6.07 Å². The zero-order valence-electron chi connectivity index (χ0n) is 18.3. The highest BCUT2D eigenvalue weighted by atomic mass is 19.4. The number of halogens is 3. The molecule has 4 rings (SSSR count). The van der Waals surface area contributed by atoms with Gasteiger partial charge in [0.05, 0.1) is 17.0 Å². The number of amides is 1. The maximum atomic E-state index is 13.1. The van der Waals surface area contributed by atoms with Gasteiger partial charge in [0.2, 0.25) is 5.76 Å². The Morgan fingerprint density at radius 1 is 1.09 bits per heavy atom. The Labute approximate surface area is 197 Å². The summed E-state index contributed by atoms with van der Waals surface area (Å²) in [6, 6.07) is 9.95. The van der Waals surface area contributed by atoms with Crippen LogP contribution in [0.15, 0.2) is 65.7 Å². The zero-order valence-corrected chi connectivity index (χ0v) is 18.3. The summed E-state index contributed by atoms with van der Waals surface area (Å²) < 4.78 is 44.3. The number of aryl methyl sites for hydroxylation is 2. The van der Waals surface area contributed by atoms with Crippen LogP contribution in [0.5, 0.6) is 0 Å². The lowest BCUT2D eigenvalue weighted by Crippen LogP contribution is -2.13. The SMILES string of the molecule is Cc1ccc(NC(=O)c2cc(CCC(=O)c3cc(-c4cccnc4)ncn3)no2)cc1C(F)(F)F. The predicted octanol–water partition coefficient (Wildman–Crippen LogP) is 4.92. The second-order valence-corrected chi connectivity index (χ2v) is 7.62. The molecule has 3 heterocycles. The van der Waals surface area contributed by atoms with E-state index in [-0.39, 0.29) is 41.3 Å². The number of hydrogen-bond donors (Lipinski definition) is 1. The summed E-state index contributed by atoms with van der Waals surface area (Å²) in [5.41, 5.74) is 1.02. The lowest BCUT2D eigenvalue weighted by molar-refractivity contribution is -0.138. The summed E-state index contributed by atoms with van der Waals surface area (Å²) in [5, 5.41) is 6.13. The third kappa shape index (κ3) is 5.75. The number of nitrogens with zero attached hydrogens (tertiary/aromatic N) is 4. The third-order valence-electron chi connectivity index (χ3n) is 5.10. The van der Waals surface area contributed by atoms with Crippen LogP contribution < -0.4 is 5.32 Å². The minimum Gasteiger partial charge on any atom is -0.351 e. The van der Waals surface area contributed by atoms with E-state index < -0.39 is 17.6 Å². The Kier molecular flexibility index (Phi) is 6.67. The summed E-state index contributed by atoms with van der Waals surface area (Å²) in [6.07, 6.45) is 0.222. The molecule has 0 saturated heterocycles. The lowest BCUT2D eigenvalue weighted by atomic mass is 10.1. The number of carbonyl (C=O) groups excluding carboxylic acids is 2. The van der Waals surface area contributed by atoms with Crippen molar-refractivity contribution in [3.8, 4) is 11.3 Å². The van der Waals surface area contributed by atoms with Gasteiger partial charge in [0, 0.05) is 42.6 Å². The van der Waals surface area contributed by atoms with Crippen LogP contribution in [0.4, 0.5) is 18.9 Å². The maximum Gasteiger partial charge on any atom is 0.416 e. The number of anilines is 1. The molecule has 1 aromatic carbocycles. The molecule has 3 aromatic heterocycles. The van der Waals surface area contributed by atoms with Crippen LogP contribution in [0.2, 0.25) is 0 Å². The Morgan fingerprint density at radius 2 is 1.91 bits per heavy atom. The van der Waals surface area contributed by atoms with E-state index in [2.05, 4.69) is 25.4 Å². The molecule has 35 heavy (non-hydrogen) atoms. The number of benzene rings is 1. The largest absolute Gasteiger partial charge is 0.416 e. The number of pyridine rings is 1. The minimum atomic E-state index is -4.54. The van der Waals surface area contributed by atoms with Crippen LogP contribution >= 0.6 is 0 Å². The molecule has 1 amide bonds. The summed E-state index contributed by atoms with van der Waals surface area (Å²) in [6.45, 7) is 1.33. The van der Waals surface area contributed by atoms with E-state index in [1.54, 1.807) is 24.5 Å². The van der Waals surface area contributed by atoms with E-state index in [4.69, 9.17) is 4.52 Å². The second-order valence-electron chi connectivity index (χ2n) is 7.62. The van der Waals surface area contributed by atoms with Gasteiger partial charge < -0.3 is 9.84 Å². The highest BCUT2D eigenvalue weighted by molar-refractivity contribution is 6.02. The lowest BCUT2D eigenvalue weighted by Gasteiger charge is -2.12. The van der Waals surface area contributed by atoms with Crippen LogP contribution in [0.25, 0.3) is 11.3 Å². The molecule has 0 aliphatic rings. The van der Waals surface area contributed by atoms with E-state index >= 15 is 0 Å². The molecule has 0 radical (unpaired) electrons. The fourth-order valence-electron chi connectivity index (χ4n) is 3.29. The first kappa shape index (κ1) is 23.7. The topological polar surface area (TPSA) is 111 Å². The van der Waals surface area contributed by atoms with Gasteiger partial charge in [-0.15, -0.1) is 0 Å². The highest BCUT2D eigenvalue weighted by Crippen LogP contribution is 2.33. The van der Waals surface area contributed by atoms with Crippen LogP contribution in [0.1, 0.15) is 44.3 Å². The van der Waals surface area contributed by atoms with Crippen molar-refractivity contribution in [2.75, 3.05) is 5.32 Å². The molecule has 0 aliphatic heterocycles. The van der Waals surface area contributed by atoms with Gasteiger partial charge in [0.25, 0.3) is 5.91 Å². The Balaban J connectivity index is 1.38. The first-order chi connectivity index (χ1) is 16.7. The van der Waals surface area contributed by atoms with Crippen molar-refractivity contribution in [2.45, 2.75) is 25.9 Å². The normalized spacial score (nSPS) is 11.3. The highest BCUT2D eigenvalue weighted by Gasteiger charge is 2.32. The molecule has 8 nitrogen and oxygen atoms in total. The Bertz CT molecular complexity index is 1370. The average molecular weight is 481 g/mol. The number of ketones is 1. The number of aromatic nitrogens is 4. The summed E-state index contributed by atoms with van der Waals surface area (Å²) >= 11 is 0. The molecule has 0 spiro atoms. The molecule has 178 valence electrons. The third-order valence-corrected chi connectivity index (χ3v) is 5.10. The molecule has 0 aliphatic carbocycles. The van der Waals surface area contributed by atoms with Crippen LogP contribution in [-0.4, -0.2) is 31.8 Å². The van der Waals surface area contributed by atoms with Gasteiger partial charge in [-0.1, -0.05) is 11.2 Å². The molecule has 1 N–H and O–H groups in total. The summed E-state index contributed by atoms with van der Waals surface area (Å²) in [4.78, 5) is 37.2. The Hall–Kier alpha value is -4.41. The van der Waals surface area contributed by atoms with Crippen molar-refractivity contribution in [3.63, 3.8) is 0 Å². The standard InChI is InChI=1S/C24H18F3N5O3/c1-14-4-5-16(9-18(14)24(25,26)27)31-23(34)22-10-17(32-35-22)6-7-21(33)20-11-19(29-13-30-20)15-3-2-8-28-12-15/h2-5,8-13H,6-7H2,1H3,(H,31,34). The number of hydrogen-bond acceptors (Lipinski definition) is 7. The van der Waals surface area contributed by atoms with E-state index in [0.717, 1.165) is 11.6 Å². The Morgan fingerprint density at radius 3 is 2.66 bits per heavy atom. The summed E-state index contributed by atoms with van der Waals surface area (Å²) in [5.74, 6) is -1.21. The molecular weight excluding hydrogens is 463 g/mol. The van der Waals surface area contributed by atoms with E-state index in [1.165, 1.54) is 31.5 Å². The minimum absolute atomic E-state index is 0.0331. The number of rotatable bonds is 7. The fourth-order valence-corrected chi connectivity index (χ4v) is 3.29. The number of nitrogens with one attached hydrogen (secondary N) is 1. The predicted molar refractivity (Wildman–Crippen MR) is 119 cm³/mol. The van der Waals surface area contributed by atoms with E-state index in [0.29, 0.717) is 11.4 Å². The smallest absolute Gasteiger partial charge is 0.351 e. The number of alkyl halides is 3. The number of carbonyl (C=O) groups is 2. The average Bonchev–Trinajstić information content (AvgIpc) is 3.33. The molecular formula is C24H18F3N5O3. The van der Waals surface area contributed by atoms with Gasteiger partial charge in [-0.2, -0.15) is 13.2 Å². The van der Waals surface area contributed by atoms with Crippen LogP contribution in [0, 0.1) is 6.92 Å². The van der Waals surface area contributed by atoms with Gasteiger partial charge in [-0.25, -0.2) is 9.97 Å². The van der Waals surface area contributed by atoms with Crippen molar-refractivity contribution in [3.05, 3.63) is 89.5 Å². The maximum absolute atomic E-state index is 13.1. The van der Waals surface area contributed by atoms with Gasteiger partial charge >= 0.3 is 6.18 Å². The van der Waals surface area contributed by atoms with Crippen molar-refractivity contribution in [1.29, 1.82) is 0 Å². The van der Waals surface area contributed by atoms with Crippen molar-refractivity contribution >= 4 is 17.4 Å². The van der Waals surface area contributed by atoms with Gasteiger partial charge in [0.15, 0.2) is 5.78 Å². The quantitative estimate of drug-likeness (QED) is 0.373. The fraction of sp³-hybridized carbons (Fsp3) is 0.167. The van der Waals surface area contributed by atoms with Gasteiger partial charge in [0.1, 0.15) is 12.0 Å². The zero-order chi connectivity index (χ0) is 25.0. The molecule has 0 saturated carbocycles. The number of Topliss-reactive ketones (excluding diaryl/α,β-unsaturated/α-hetero) is 1. The first-order valence-corrected chi connectivity index (χ1v) is 10.4. The molecule has 4 aromatic rings. The summed E-state index contributed by atoms with van der Waals surface area (Å²) in [7, 11) is 0. The molecule has 0 bridgehead atoms. The molecule has 0 atom stereocenters. The van der Waals surface area contributed by atoms with Crippen molar-refractivity contribution < 1.29 is 27.3 Å². The first-order valence-electron chi connectivity index (χ1n) is 10.4. The monoisotopic (exact) mass is 481 g/mol. The van der Waals surface area contributed by atoms with Gasteiger partial charge in [-0.3, -0.25) is 14.6 Å². The van der Waals surface area contributed by atoms with Crippen molar-refractivity contribution in [2.24, 2.45) is 0 Å². The second kappa shape index (κ2) is 9.84. The van der Waals surface area contributed by atoms with Gasteiger partial charge in [-0.05, 0) is 42.8 Å².